The highest BCUT2D eigenvalue weighted by molar-refractivity contribution is 5.68. The van der Waals surface area contributed by atoms with Crippen LogP contribution in [0.25, 0.3) is 11.4 Å². The van der Waals surface area contributed by atoms with Crippen molar-refractivity contribution in [3.8, 4) is 23.1 Å². The average molecular weight is 493 g/mol. The molecule has 0 unspecified atom stereocenters. The zero-order valence-corrected chi connectivity index (χ0v) is 22.1. The molecule has 0 N–H and O–H groups in total. The molecule has 3 aromatic rings. The Kier molecular flexibility index (Phi) is 7.56. The summed E-state index contributed by atoms with van der Waals surface area (Å²) in [5, 5.41) is 9.04. The number of carbonyl (C=O) groups excluding carboxylic acids is 1. The fourth-order valence-electron chi connectivity index (χ4n) is 4.49. The van der Waals surface area contributed by atoms with Gasteiger partial charge in [0.05, 0.1) is 17.4 Å². The minimum Gasteiger partial charge on any atom is -0.444 e. The Morgan fingerprint density at radius 2 is 1.81 bits per heavy atom. The maximum absolute atomic E-state index is 12.5. The van der Waals surface area contributed by atoms with Gasteiger partial charge in [-0.2, -0.15) is 4.98 Å². The van der Waals surface area contributed by atoms with Crippen molar-refractivity contribution < 1.29 is 14.3 Å². The van der Waals surface area contributed by atoms with E-state index in [9.17, 15) is 4.79 Å². The van der Waals surface area contributed by atoms with Crippen LogP contribution < -0.4 is 4.74 Å². The van der Waals surface area contributed by atoms with Crippen LogP contribution in [0.4, 0.5) is 4.79 Å². The van der Waals surface area contributed by atoms with Crippen LogP contribution in [0.1, 0.15) is 69.8 Å². The van der Waals surface area contributed by atoms with Gasteiger partial charge in [0.15, 0.2) is 0 Å². The maximum Gasteiger partial charge on any atom is 0.410 e. The van der Waals surface area contributed by atoms with Crippen molar-refractivity contribution >= 4 is 6.09 Å². The number of carbonyl (C=O) groups is 1. The molecule has 0 radical (unpaired) electrons. The van der Waals surface area contributed by atoms with Crippen LogP contribution in [0.2, 0.25) is 0 Å². The summed E-state index contributed by atoms with van der Waals surface area (Å²) in [6, 6.07) is 8.30. The zero-order chi connectivity index (χ0) is 25.9. The Morgan fingerprint density at radius 1 is 1.11 bits per heavy atom. The average Bonchev–Trinajstić information content (AvgIpc) is 3.21. The van der Waals surface area contributed by atoms with Crippen molar-refractivity contribution in [2.45, 2.75) is 78.9 Å². The molecule has 36 heavy (non-hydrogen) atoms. The van der Waals surface area contributed by atoms with E-state index < -0.39 is 5.60 Å². The molecular formula is C27H36N6O3. The lowest BCUT2D eigenvalue weighted by molar-refractivity contribution is 0.0185. The van der Waals surface area contributed by atoms with E-state index in [2.05, 4.69) is 28.3 Å². The highest BCUT2D eigenvalue weighted by atomic mass is 16.6. The number of rotatable bonds is 6. The van der Waals surface area contributed by atoms with Gasteiger partial charge in [0.2, 0.25) is 0 Å². The second-order valence-electron chi connectivity index (χ2n) is 10.4. The minimum absolute atomic E-state index is 0.107. The number of nitrogens with zero attached hydrogens (tertiary/aromatic N) is 6. The van der Waals surface area contributed by atoms with Gasteiger partial charge in [-0.3, -0.25) is 0 Å². The van der Waals surface area contributed by atoms with E-state index in [1.165, 1.54) is 0 Å². The van der Waals surface area contributed by atoms with Gasteiger partial charge in [-0.1, -0.05) is 24.6 Å². The van der Waals surface area contributed by atoms with Crippen LogP contribution in [0.5, 0.6) is 11.8 Å². The summed E-state index contributed by atoms with van der Waals surface area (Å²) in [5.41, 5.74) is 4.25. The van der Waals surface area contributed by atoms with E-state index in [-0.39, 0.29) is 18.1 Å². The number of amides is 1. The second-order valence-corrected chi connectivity index (χ2v) is 10.4. The summed E-state index contributed by atoms with van der Waals surface area (Å²) in [6.07, 6.45) is 4.70. The molecule has 0 bridgehead atoms. The summed E-state index contributed by atoms with van der Waals surface area (Å²) in [7, 11) is 0. The van der Waals surface area contributed by atoms with Crippen molar-refractivity contribution in [1.82, 2.24) is 29.9 Å². The molecule has 0 atom stereocenters. The fraction of sp³-hybridized carbons (Fsp3) is 0.519. The molecule has 1 aliphatic heterocycles. The smallest absolute Gasteiger partial charge is 0.410 e. The molecule has 1 aliphatic rings. The van der Waals surface area contributed by atoms with E-state index in [0.29, 0.717) is 18.8 Å². The first-order valence-electron chi connectivity index (χ1n) is 12.6. The Labute approximate surface area is 212 Å². The molecule has 1 saturated heterocycles. The third-order valence-electron chi connectivity index (χ3n) is 5.99. The van der Waals surface area contributed by atoms with Crippen molar-refractivity contribution in [3.05, 3.63) is 47.3 Å². The van der Waals surface area contributed by atoms with Gasteiger partial charge in [0.1, 0.15) is 17.0 Å². The number of ether oxygens (including phenoxy) is 2. The Balaban J connectivity index is 1.57. The van der Waals surface area contributed by atoms with Gasteiger partial charge in [0.25, 0.3) is 0 Å². The highest BCUT2D eigenvalue weighted by Crippen LogP contribution is 2.31. The van der Waals surface area contributed by atoms with Gasteiger partial charge < -0.3 is 14.4 Å². The number of hydrogen-bond donors (Lipinski definition) is 0. The lowest BCUT2D eigenvalue weighted by Crippen LogP contribution is -2.42. The normalized spacial score (nSPS) is 14.7. The maximum atomic E-state index is 12.5. The van der Waals surface area contributed by atoms with E-state index in [4.69, 9.17) is 14.5 Å². The Bertz CT molecular complexity index is 1190. The number of likely N-dealkylation sites (tertiary alicyclic amines) is 1. The van der Waals surface area contributed by atoms with Gasteiger partial charge >= 0.3 is 12.1 Å². The molecule has 192 valence electrons. The Morgan fingerprint density at radius 3 is 2.44 bits per heavy atom. The van der Waals surface area contributed by atoms with Crippen LogP contribution in [0, 0.1) is 13.8 Å². The predicted octanol–water partition coefficient (Wildman–Crippen LogP) is 5.67. The lowest BCUT2D eigenvalue weighted by atomic mass is 10.0. The molecule has 4 rings (SSSR count). The summed E-state index contributed by atoms with van der Waals surface area (Å²) >= 11 is 0. The van der Waals surface area contributed by atoms with E-state index in [1.54, 1.807) is 11.1 Å². The first-order chi connectivity index (χ1) is 17.1. The molecule has 1 fully saturated rings. The molecule has 9 heteroatoms. The van der Waals surface area contributed by atoms with Crippen molar-refractivity contribution in [2.75, 3.05) is 13.1 Å². The van der Waals surface area contributed by atoms with Crippen molar-refractivity contribution in [2.24, 2.45) is 0 Å². The van der Waals surface area contributed by atoms with Gasteiger partial charge in [-0.15, -0.1) is 5.10 Å². The van der Waals surface area contributed by atoms with E-state index in [1.807, 2.05) is 57.5 Å². The second kappa shape index (κ2) is 10.6. The first-order valence-corrected chi connectivity index (χ1v) is 12.6. The van der Waals surface area contributed by atoms with Crippen molar-refractivity contribution in [1.29, 1.82) is 0 Å². The Hall–Kier alpha value is -3.49. The molecular weight excluding hydrogens is 456 g/mol. The van der Waals surface area contributed by atoms with Crippen LogP contribution in [0.15, 0.2) is 30.5 Å². The van der Waals surface area contributed by atoms with E-state index in [0.717, 1.165) is 53.9 Å². The highest BCUT2D eigenvalue weighted by Gasteiger charge is 2.30. The lowest BCUT2D eigenvalue weighted by Gasteiger charge is -2.33. The molecule has 0 aliphatic carbocycles. The molecule has 2 aromatic heterocycles. The summed E-state index contributed by atoms with van der Waals surface area (Å²) in [5.74, 6) is 0.708. The predicted molar refractivity (Wildman–Crippen MR) is 137 cm³/mol. The standard InChI is InChI=1S/C27H36N6O3/c1-7-8-23-24(22-9-12-28-25(29-22)35-21-16-18(2)15-19(3)17-21)33(31-30-23)20-10-13-32(14-11-20)26(34)36-27(4,5)6/h9,12,15-17,20H,7-8,10-11,13-14H2,1-6H3. The van der Waals surface area contributed by atoms with Crippen LogP contribution in [-0.4, -0.2) is 54.6 Å². The molecule has 1 aromatic carbocycles. The number of benzene rings is 1. The van der Waals surface area contributed by atoms with Crippen LogP contribution in [-0.2, 0) is 11.2 Å². The molecule has 9 nitrogen and oxygen atoms in total. The summed E-state index contributed by atoms with van der Waals surface area (Å²) in [4.78, 5) is 23.3. The van der Waals surface area contributed by atoms with Crippen LogP contribution >= 0.6 is 0 Å². The van der Waals surface area contributed by atoms with Gasteiger partial charge in [0, 0.05) is 19.3 Å². The first kappa shape index (κ1) is 25.6. The molecule has 3 heterocycles. The quantitative estimate of drug-likeness (QED) is 0.437. The third-order valence-corrected chi connectivity index (χ3v) is 5.99. The number of hydrogen-bond acceptors (Lipinski definition) is 7. The van der Waals surface area contributed by atoms with Crippen molar-refractivity contribution in [3.63, 3.8) is 0 Å². The zero-order valence-electron chi connectivity index (χ0n) is 22.1. The number of aryl methyl sites for hydroxylation is 3. The van der Waals surface area contributed by atoms with E-state index >= 15 is 0 Å². The minimum atomic E-state index is -0.508. The largest absolute Gasteiger partial charge is 0.444 e. The number of aromatic nitrogens is 5. The SMILES string of the molecule is CCCc1nnn(C2CCN(C(=O)OC(C)(C)C)CC2)c1-c1ccnc(Oc2cc(C)cc(C)c2)n1. The topological polar surface area (TPSA) is 95.3 Å². The van der Waals surface area contributed by atoms with Crippen LogP contribution in [0.3, 0.4) is 0 Å². The third kappa shape index (κ3) is 6.19. The molecule has 0 saturated carbocycles. The molecule has 0 spiro atoms. The monoisotopic (exact) mass is 492 g/mol. The molecule has 1 amide bonds. The number of piperidine rings is 1. The van der Waals surface area contributed by atoms with Gasteiger partial charge in [-0.25, -0.2) is 14.5 Å². The van der Waals surface area contributed by atoms with Gasteiger partial charge in [-0.05, 0) is 83.2 Å². The summed E-state index contributed by atoms with van der Waals surface area (Å²) < 4.78 is 13.5. The summed E-state index contributed by atoms with van der Waals surface area (Å²) in [6.45, 7) is 13.0. The fourth-order valence-corrected chi connectivity index (χ4v) is 4.49.